The maximum Gasteiger partial charge on any atom is 0.312 e. The van der Waals surface area contributed by atoms with Gasteiger partial charge in [0.1, 0.15) is 0 Å². The highest BCUT2D eigenvalue weighted by molar-refractivity contribution is 6.35. The van der Waals surface area contributed by atoms with Gasteiger partial charge in [-0.3, -0.25) is 14.4 Å². The molecule has 122 valence electrons. The van der Waals surface area contributed by atoms with Crippen LogP contribution in [0.15, 0.2) is 25.3 Å². The molecule has 0 atom stereocenters. The molecular formula is C16H24N2O4. The summed E-state index contributed by atoms with van der Waals surface area (Å²) in [5, 5.41) is 0. The minimum atomic E-state index is -0.561. The average Bonchev–Trinajstić information content (AvgIpc) is 2.53. The second-order valence-electron chi connectivity index (χ2n) is 5.11. The first-order chi connectivity index (χ1) is 10.5. The van der Waals surface area contributed by atoms with E-state index in [1.54, 1.807) is 19.1 Å². The average molecular weight is 308 g/mol. The lowest BCUT2D eigenvalue weighted by Gasteiger charge is -2.31. The summed E-state index contributed by atoms with van der Waals surface area (Å²) in [6.45, 7) is 10.7. The Bertz CT molecular complexity index is 429. The molecule has 0 bridgehead atoms. The summed E-state index contributed by atoms with van der Waals surface area (Å²) in [6, 6.07) is 0. The second-order valence-corrected chi connectivity index (χ2v) is 5.11. The molecule has 0 saturated carbocycles. The van der Waals surface area contributed by atoms with E-state index in [0.29, 0.717) is 45.6 Å². The van der Waals surface area contributed by atoms with E-state index in [2.05, 4.69) is 13.2 Å². The second kappa shape index (κ2) is 9.02. The molecule has 1 rings (SSSR count). The van der Waals surface area contributed by atoms with Gasteiger partial charge >= 0.3 is 17.8 Å². The van der Waals surface area contributed by atoms with Gasteiger partial charge in [0.2, 0.25) is 0 Å². The van der Waals surface area contributed by atoms with E-state index in [1.165, 1.54) is 9.80 Å². The highest BCUT2D eigenvalue weighted by Gasteiger charge is 2.32. The summed E-state index contributed by atoms with van der Waals surface area (Å²) in [5.74, 6) is -1.50. The number of amides is 2. The first-order valence-electron chi connectivity index (χ1n) is 7.51. The number of carbonyl (C=O) groups is 3. The molecule has 0 N–H and O–H groups in total. The number of nitrogens with zero attached hydrogens (tertiary/aromatic N) is 2. The first kappa shape index (κ1) is 17.9. The van der Waals surface area contributed by atoms with E-state index in [1.807, 2.05) is 0 Å². The van der Waals surface area contributed by atoms with Crippen molar-refractivity contribution in [1.82, 2.24) is 9.80 Å². The molecule has 1 heterocycles. The summed E-state index contributed by atoms with van der Waals surface area (Å²) < 4.78 is 4.99. The molecule has 1 fully saturated rings. The number of esters is 1. The Kier molecular flexibility index (Phi) is 7.36. The summed E-state index contributed by atoms with van der Waals surface area (Å²) in [7, 11) is 0. The minimum absolute atomic E-state index is 0.184. The molecule has 0 spiro atoms. The molecule has 0 aromatic heterocycles. The highest BCUT2D eigenvalue weighted by Crippen LogP contribution is 2.19. The van der Waals surface area contributed by atoms with Crippen molar-refractivity contribution in [3.05, 3.63) is 25.3 Å². The summed E-state index contributed by atoms with van der Waals surface area (Å²) in [6.07, 6.45) is 4.20. The number of piperidine rings is 1. The molecule has 1 aliphatic rings. The van der Waals surface area contributed by atoms with Gasteiger partial charge in [0.15, 0.2) is 0 Å². The third-order valence-corrected chi connectivity index (χ3v) is 3.57. The van der Waals surface area contributed by atoms with E-state index >= 15 is 0 Å². The Hall–Kier alpha value is -2.11. The summed E-state index contributed by atoms with van der Waals surface area (Å²) >= 11 is 0. The molecule has 0 unspecified atom stereocenters. The van der Waals surface area contributed by atoms with Crippen LogP contribution in [-0.4, -0.2) is 60.4 Å². The predicted molar refractivity (Wildman–Crippen MR) is 82.9 cm³/mol. The van der Waals surface area contributed by atoms with E-state index < -0.39 is 11.8 Å². The van der Waals surface area contributed by atoms with E-state index in [0.717, 1.165) is 0 Å². The van der Waals surface area contributed by atoms with Crippen LogP contribution in [0.1, 0.15) is 19.8 Å². The topological polar surface area (TPSA) is 66.9 Å². The van der Waals surface area contributed by atoms with Crippen LogP contribution in [0.4, 0.5) is 0 Å². The number of carbonyl (C=O) groups excluding carboxylic acids is 3. The van der Waals surface area contributed by atoms with Crippen molar-refractivity contribution in [2.75, 3.05) is 32.8 Å². The highest BCUT2D eigenvalue weighted by atomic mass is 16.5. The number of hydrogen-bond donors (Lipinski definition) is 0. The van der Waals surface area contributed by atoms with Gasteiger partial charge in [-0.1, -0.05) is 12.2 Å². The molecule has 1 aliphatic heterocycles. The predicted octanol–water partition coefficient (Wildman–Crippen LogP) is 0.989. The molecular weight excluding hydrogens is 284 g/mol. The van der Waals surface area contributed by atoms with Crippen molar-refractivity contribution in [3.63, 3.8) is 0 Å². The van der Waals surface area contributed by atoms with Crippen LogP contribution in [0.5, 0.6) is 0 Å². The Morgan fingerprint density at radius 3 is 2.18 bits per heavy atom. The van der Waals surface area contributed by atoms with Gasteiger partial charge in [0.25, 0.3) is 0 Å². The fourth-order valence-corrected chi connectivity index (χ4v) is 2.40. The molecule has 6 heteroatoms. The maximum absolute atomic E-state index is 12.2. The summed E-state index contributed by atoms with van der Waals surface area (Å²) in [5.41, 5.74) is 0. The quantitative estimate of drug-likeness (QED) is 0.417. The number of ether oxygens (including phenoxy) is 1. The van der Waals surface area contributed by atoms with Crippen molar-refractivity contribution in [2.45, 2.75) is 19.8 Å². The smallest absolute Gasteiger partial charge is 0.312 e. The molecule has 6 nitrogen and oxygen atoms in total. The summed E-state index contributed by atoms with van der Waals surface area (Å²) in [4.78, 5) is 39.0. The molecule has 0 aliphatic carbocycles. The zero-order valence-electron chi connectivity index (χ0n) is 13.1. The minimum Gasteiger partial charge on any atom is -0.466 e. The lowest BCUT2D eigenvalue weighted by molar-refractivity contribution is -0.155. The molecule has 0 radical (unpaired) electrons. The van der Waals surface area contributed by atoms with Gasteiger partial charge in [0.05, 0.1) is 12.5 Å². The van der Waals surface area contributed by atoms with Gasteiger partial charge < -0.3 is 14.5 Å². The Balaban J connectivity index is 2.57. The number of likely N-dealkylation sites (tertiary alicyclic amines) is 1. The number of rotatable bonds is 6. The van der Waals surface area contributed by atoms with Crippen molar-refractivity contribution < 1.29 is 19.1 Å². The zero-order chi connectivity index (χ0) is 16.5. The standard InChI is InChI=1S/C16H24N2O4/c1-4-9-17(10-5-2)14(19)15(20)18-11-7-13(8-12-18)16(21)22-6-3/h4-5,13H,1-2,6-12H2,3H3. The largest absolute Gasteiger partial charge is 0.466 e. The van der Waals surface area contributed by atoms with Crippen LogP contribution >= 0.6 is 0 Å². The Morgan fingerprint density at radius 2 is 1.73 bits per heavy atom. The first-order valence-corrected chi connectivity index (χ1v) is 7.51. The lowest BCUT2D eigenvalue weighted by atomic mass is 9.97. The Labute approximate surface area is 131 Å². The van der Waals surface area contributed by atoms with E-state index in [4.69, 9.17) is 4.74 Å². The van der Waals surface area contributed by atoms with Gasteiger partial charge in [-0.2, -0.15) is 0 Å². The molecule has 0 aromatic rings. The van der Waals surface area contributed by atoms with Crippen molar-refractivity contribution in [1.29, 1.82) is 0 Å². The molecule has 22 heavy (non-hydrogen) atoms. The fourth-order valence-electron chi connectivity index (χ4n) is 2.40. The van der Waals surface area contributed by atoms with Crippen molar-refractivity contribution in [3.8, 4) is 0 Å². The molecule has 2 amide bonds. The van der Waals surface area contributed by atoms with Gasteiger partial charge in [-0.15, -0.1) is 13.2 Å². The van der Waals surface area contributed by atoms with Gasteiger partial charge in [0, 0.05) is 26.2 Å². The third-order valence-electron chi connectivity index (χ3n) is 3.57. The van der Waals surface area contributed by atoms with Crippen LogP contribution < -0.4 is 0 Å². The van der Waals surface area contributed by atoms with Gasteiger partial charge in [-0.25, -0.2) is 0 Å². The van der Waals surface area contributed by atoms with Crippen molar-refractivity contribution >= 4 is 17.8 Å². The number of hydrogen-bond acceptors (Lipinski definition) is 4. The fraction of sp³-hybridized carbons (Fsp3) is 0.562. The van der Waals surface area contributed by atoms with Crippen LogP contribution in [-0.2, 0) is 19.1 Å². The van der Waals surface area contributed by atoms with Crippen LogP contribution in [0.3, 0.4) is 0 Å². The van der Waals surface area contributed by atoms with E-state index in [-0.39, 0.29) is 11.9 Å². The van der Waals surface area contributed by atoms with E-state index in [9.17, 15) is 14.4 Å². The lowest BCUT2D eigenvalue weighted by Crippen LogP contribution is -2.48. The van der Waals surface area contributed by atoms with Crippen LogP contribution in [0, 0.1) is 5.92 Å². The molecule has 0 aromatic carbocycles. The van der Waals surface area contributed by atoms with Crippen LogP contribution in [0.2, 0.25) is 0 Å². The third kappa shape index (κ3) is 4.72. The molecule has 1 saturated heterocycles. The monoisotopic (exact) mass is 308 g/mol. The van der Waals surface area contributed by atoms with Crippen molar-refractivity contribution in [2.24, 2.45) is 5.92 Å². The maximum atomic E-state index is 12.2. The normalized spacial score (nSPS) is 15.0. The zero-order valence-corrected chi connectivity index (χ0v) is 13.1. The Morgan fingerprint density at radius 1 is 1.18 bits per heavy atom. The van der Waals surface area contributed by atoms with Gasteiger partial charge in [-0.05, 0) is 19.8 Å². The SMILES string of the molecule is C=CCN(CC=C)C(=O)C(=O)N1CCC(C(=O)OCC)CC1. The van der Waals surface area contributed by atoms with Crippen LogP contribution in [0.25, 0.3) is 0 Å².